The summed E-state index contributed by atoms with van der Waals surface area (Å²) < 4.78 is 28.9. The summed E-state index contributed by atoms with van der Waals surface area (Å²) in [5, 5.41) is 43.8. The summed E-state index contributed by atoms with van der Waals surface area (Å²) >= 11 is 0. The van der Waals surface area contributed by atoms with Crippen molar-refractivity contribution in [3.05, 3.63) is 94.8 Å². The smallest absolute Gasteiger partial charge is 0.321 e. The number of phenols is 1. The van der Waals surface area contributed by atoms with Gasteiger partial charge in [0.15, 0.2) is 11.3 Å². The van der Waals surface area contributed by atoms with Gasteiger partial charge in [-0.2, -0.15) is 0 Å². The molecule has 1 aliphatic heterocycles. The van der Waals surface area contributed by atoms with Crippen LogP contribution in [0.5, 0.6) is 11.5 Å². The summed E-state index contributed by atoms with van der Waals surface area (Å²) in [5.41, 5.74) is 1.72. The average molecular weight is 650 g/mol. The molecule has 5 rings (SSSR count). The number of aliphatic carboxylic acids is 1. The van der Waals surface area contributed by atoms with E-state index < -0.39 is 55.2 Å². The highest BCUT2D eigenvalue weighted by Gasteiger charge is 2.47. The van der Waals surface area contributed by atoms with E-state index in [9.17, 15) is 34.8 Å². The van der Waals surface area contributed by atoms with Crippen LogP contribution in [0.2, 0.25) is 0 Å². The lowest BCUT2D eigenvalue weighted by Crippen LogP contribution is -2.61. The standard InChI is InChI=1S/C34H35NO12/c1-35-16-24(32(40)41)33(42)45-18-27-29(38)30(39)31(43-14-13-19-5-3-2-4-6-19)34(47-27)46-22-11-12-23-26(15-22)44-17-25(28(23)37)20-7-9-21(36)10-8-20/h2-12,15,17,24,27,29-31,34-36,38-39H,13-14,16,18H2,1H3,(H,40,41)/t24-,27-,29-,30+,31-,34-/m0/s1. The van der Waals surface area contributed by atoms with Gasteiger partial charge in [0.25, 0.3) is 0 Å². The summed E-state index contributed by atoms with van der Waals surface area (Å²) in [6.07, 6.45) is -5.17. The molecule has 0 aliphatic carbocycles. The predicted octanol–water partition coefficient (Wildman–Crippen LogP) is 2.08. The Morgan fingerprint density at radius 1 is 1.00 bits per heavy atom. The summed E-state index contributed by atoms with van der Waals surface area (Å²) in [6.45, 7) is -0.617. The molecule has 1 saturated heterocycles. The Bertz CT molecular complexity index is 1730. The normalized spacial score (nSPS) is 21.6. The number of carbonyl (C=O) groups is 2. The van der Waals surface area contributed by atoms with E-state index in [1.165, 1.54) is 43.6 Å². The summed E-state index contributed by atoms with van der Waals surface area (Å²) in [4.78, 5) is 37.2. The van der Waals surface area contributed by atoms with Crippen molar-refractivity contribution in [2.75, 3.05) is 26.8 Å². The number of esters is 1. The van der Waals surface area contributed by atoms with Crippen molar-refractivity contribution in [1.82, 2.24) is 5.32 Å². The second-order valence-electron chi connectivity index (χ2n) is 11.0. The van der Waals surface area contributed by atoms with Crippen molar-refractivity contribution in [3.63, 3.8) is 0 Å². The van der Waals surface area contributed by atoms with E-state index in [4.69, 9.17) is 23.4 Å². The first kappa shape index (κ1) is 33.6. The van der Waals surface area contributed by atoms with E-state index in [1.807, 2.05) is 30.3 Å². The molecular formula is C34H35NO12. The number of phenolic OH excluding ortho intramolecular Hbond substituents is 1. The first-order chi connectivity index (χ1) is 22.7. The zero-order valence-electron chi connectivity index (χ0n) is 25.4. The number of carboxylic acid groups (broad SMARTS) is 1. The summed E-state index contributed by atoms with van der Waals surface area (Å²) in [6, 6.07) is 20.1. The number of hydrogen-bond acceptors (Lipinski definition) is 12. The molecule has 248 valence electrons. The van der Waals surface area contributed by atoms with E-state index >= 15 is 0 Å². The maximum absolute atomic E-state index is 13.2. The quantitative estimate of drug-likeness (QED) is 0.104. The zero-order valence-corrected chi connectivity index (χ0v) is 25.4. The van der Waals surface area contributed by atoms with Gasteiger partial charge in [-0.05, 0) is 48.9 Å². The largest absolute Gasteiger partial charge is 0.508 e. The minimum atomic E-state index is -1.58. The number of aromatic hydroxyl groups is 1. The van der Waals surface area contributed by atoms with Crippen molar-refractivity contribution in [3.8, 4) is 22.6 Å². The summed E-state index contributed by atoms with van der Waals surface area (Å²) in [5.74, 6) is -3.69. The zero-order chi connectivity index (χ0) is 33.5. The molecule has 47 heavy (non-hydrogen) atoms. The Morgan fingerprint density at radius 2 is 1.74 bits per heavy atom. The van der Waals surface area contributed by atoms with Gasteiger partial charge in [0.2, 0.25) is 6.29 Å². The number of fused-ring (bicyclic) bond motifs is 1. The fourth-order valence-electron chi connectivity index (χ4n) is 5.17. The fourth-order valence-corrected chi connectivity index (χ4v) is 5.17. The number of rotatable bonds is 13. The number of aliphatic hydroxyl groups is 2. The predicted molar refractivity (Wildman–Crippen MR) is 167 cm³/mol. The number of carboxylic acids is 1. The lowest BCUT2D eigenvalue weighted by atomic mass is 9.99. The molecule has 13 heteroatoms. The molecule has 0 bridgehead atoms. The highest BCUT2D eigenvalue weighted by molar-refractivity contribution is 5.94. The number of aliphatic hydroxyl groups excluding tert-OH is 2. The Morgan fingerprint density at radius 3 is 2.45 bits per heavy atom. The van der Waals surface area contributed by atoms with Gasteiger partial charge in [0, 0.05) is 12.6 Å². The van der Waals surface area contributed by atoms with Crippen LogP contribution in [0, 0.1) is 5.92 Å². The van der Waals surface area contributed by atoms with Crippen LogP contribution >= 0.6 is 0 Å². The second kappa shape index (κ2) is 15.2. The first-order valence-electron chi connectivity index (χ1n) is 14.9. The van der Waals surface area contributed by atoms with Crippen molar-refractivity contribution < 1.29 is 53.4 Å². The van der Waals surface area contributed by atoms with Gasteiger partial charge in [-0.1, -0.05) is 42.5 Å². The third-order valence-corrected chi connectivity index (χ3v) is 7.75. The van der Waals surface area contributed by atoms with Gasteiger partial charge < -0.3 is 49.1 Å². The second-order valence-corrected chi connectivity index (χ2v) is 11.0. The van der Waals surface area contributed by atoms with Crippen LogP contribution in [-0.4, -0.2) is 89.9 Å². The van der Waals surface area contributed by atoms with Crippen molar-refractivity contribution in [1.29, 1.82) is 0 Å². The first-order valence-corrected chi connectivity index (χ1v) is 14.9. The highest BCUT2D eigenvalue weighted by atomic mass is 16.7. The van der Waals surface area contributed by atoms with Crippen LogP contribution in [0.25, 0.3) is 22.1 Å². The molecule has 13 nitrogen and oxygen atoms in total. The van der Waals surface area contributed by atoms with Crippen LogP contribution < -0.4 is 15.5 Å². The number of ether oxygens (including phenoxy) is 4. The SMILES string of the molecule is CNC[C@@H](C(=O)O)C(=O)OC[C@@H]1O[C@H](Oc2ccc3c(=O)c(-c4ccc(O)cc4)coc3c2)[C@@H](OCCc2ccccc2)[C@H](O)[C@H]1O. The van der Waals surface area contributed by atoms with Crippen LogP contribution in [0.15, 0.2) is 88.3 Å². The molecule has 1 aliphatic rings. The number of benzene rings is 3. The van der Waals surface area contributed by atoms with Crippen molar-refractivity contribution in [2.45, 2.75) is 37.1 Å². The average Bonchev–Trinajstić information content (AvgIpc) is 3.07. The highest BCUT2D eigenvalue weighted by Crippen LogP contribution is 2.29. The van der Waals surface area contributed by atoms with Gasteiger partial charge in [-0.15, -0.1) is 0 Å². The van der Waals surface area contributed by atoms with E-state index in [0.29, 0.717) is 17.5 Å². The van der Waals surface area contributed by atoms with Crippen LogP contribution in [0.4, 0.5) is 0 Å². The summed E-state index contributed by atoms with van der Waals surface area (Å²) in [7, 11) is 1.49. The van der Waals surface area contributed by atoms with Crippen LogP contribution in [0.1, 0.15) is 5.56 Å². The van der Waals surface area contributed by atoms with Gasteiger partial charge >= 0.3 is 11.9 Å². The molecule has 1 fully saturated rings. The monoisotopic (exact) mass is 649 g/mol. The Kier molecular flexibility index (Phi) is 10.9. The fraction of sp³-hybridized carbons (Fsp3) is 0.324. The minimum Gasteiger partial charge on any atom is -0.508 e. The Balaban J connectivity index is 1.36. The van der Waals surface area contributed by atoms with Crippen molar-refractivity contribution >= 4 is 22.9 Å². The molecule has 4 aromatic rings. The number of carbonyl (C=O) groups excluding carboxylic acids is 1. The molecular weight excluding hydrogens is 614 g/mol. The van der Waals surface area contributed by atoms with E-state index in [2.05, 4.69) is 5.32 Å². The van der Waals surface area contributed by atoms with Gasteiger partial charge in [0.05, 0.1) is 17.6 Å². The van der Waals surface area contributed by atoms with Gasteiger partial charge in [0.1, 0.15) is 54.4 Å². The molecule has 0 amide bonds. The van der Waals surface area contributed by atoms with E-state index in [-0.39, 0.29) is 41.0 Å². The Labute approximate surface area is 268 Å². The van der Waals surface area contributed by atoms with E-state index in [0.717, 1.165) is 5.56 Å². The lowest BCUT2D eigenvalue weighted by molar-refractivity contribution is -0.288. The van der Waals surface area contributed by atoms with Crippen LogP contribution in [-0.2, 0) is 30.2 Å². The molecule has 1 aromatic heterocycles. The molecule has 2 heterocycles. The Hall–Kier alpha value is -4.79. The molecule has 0 spiro atoms. The van der Waals surface area contributed by atoms with Crippen LogP contribution in [0.3, 0.4) is 0 Å². The third-order valence-electron chi connectivity index (χ3n) is 7.75. The topological polar surface area (TPSA) is 194 Å². The maximum atomic E-state index is 13.2. The number of hydrogen-bond donors (Lipinski definition) is 5. The molecule has 0 radical (unpaired) electrons. The van der Waals surface area contributed by atoms with Gasteiger partial charge in [-0.25, -0.2) is 0 Å². The minimum absolute atomic E-state index is 0.0595. The molecule has 3 aromatic carbocycles. The number of nitrogens with one attached hydrogen (secondary N) is 1. The molecule has 6 atom stereocenters. The third kappa shape index (κ3) is 7.96. The molecule has 5 N–H and O–H groups in total. The van der Waals surface area contributed by atoms with Gasteiger partial charge in [-0.3, -0.25) is 14.4 Å². The molecule has 0 unspecified atom stereocenters. The van der Waals surface area contributed by atoms with E-state index in [1.54, 1.807) is 12.1 Å². The molecule has 0 saturated carbocycles. The maximum Gasteiger partial charge on any atom is 0.321 e. The van der Waals surface area contributed by atoms with Crippen molar-refractivity contribution in [2.24, 2.45) is 5.92 Å². The lowest BCUT2D eigenvalue weighted by Gasteiger charge is -2.42.